The molecule has 0 aliphatic carbocycles. The van der Waals surface area contributed by atoms with E-state index in [-0.39, 0.29) is 0 Å². The molecule has 1 fully saturated rings. The summed E-state index contributed by atoms with van der Waals surface area (Å²) in [7, 11) is 6.30. The van der Waals surface area contributed by atoms with E-state index in [1.165, 1.54) is 0 Å². The van der Waals surface area contributed by atoms with Crippen molar-refractivity contribution < 1.29 is 0 Å². The van der Waals surface area contributed by atoms with E-state index in [9.17, 15) is 0 Å². The van der Waals surface area contributed by atoms with Crippen LogP contribution in [0.5, 0.6) is 0 Å². The van der Waals surface area contributed by atoms with Gasteiger partial charge < -0.3 is 20.4 Å². The fourth-order valence-electron chi connectivity index (χ4n) is 3.09. The normalized spacial score (nSPS) is 15.7. The number of anilines is 2. The lowest BCUT2D eigenvalue weighted by molar-refractivity contribution is 0.158. The Bertz CT molecular complexity index is 713. The van der Waals surface area contributed by atoms with Crippen molar-refractivity contribution in [2.45, 2.75) is 0 Å². The van der Waals surface area contributed by atoms with Crippen LogP contribution >= 0.6 is 0 Å². The van der Waals surface area contributed by atoms with E-state index >= 15 is 0 Å². The highest BCUT2D eigenvalue weighted by Gasteiger charge is 2.13. The number of nitrogens with one attached hydrogen (secondary N) is 2. The zero-order valence-electron chi connectivity index (χ0n) is 17.2. The highest BCUT2D eigenvalue weighted by atomic mass is 15.3. The Morgan fingerprint density at radius 3 is 2.46 bits per heavy atom. The van der Waals surface area contributed by atoms with Crippen molar-refractivity contribution in [3.8, 4) is 11.3 Å². The maximum atomic E-state index is 4.68. The molecule has 152 valence electrons. The number of hydrogen-bond acceptors (Lipinski definition) is 8. The molecule has 0 spiro atoms. The van der Waals surface area contributed by atoms with Crippen LogP contribution in [0.4, 0.5) is 11.8 Å². The predicted octanol–water partition coefficient (Wildman–Crippen LogP) is 1.17. The number of likely N-dealkylation sites (N-methyl/N-ethyl adjacent to an activating group) is 2. The summed E-state index contributed by atoms with van der Waals surface area (Å²) in [5.74, 6) is 1.50. The van der Waals surface area contributed by atoms with Gasteiger partial charge in [-0.25, -0.2) is 4.98 Å². The summed E-state index contributed by atoms with van der Waals surface area (Å²) >= 11 is 0. The predicted molar refractivity (Wildman–Crippen MR) is 115 cm³/mol. The number of rotatable bonds is 9. The molecule has 1 aliphatic rings. The fraction of sp³-hybridized carbons (Fsp3) is 0.550. The van der Waals surface area contributed by atoms with Crippen LogP contribution in [0.1, 0.15) is 0 Å². The Kier molecular flexibility index (Phi) is 7.53. The molecule has 3 rings (SSSR count). The number of pyridine rings is 1. The average molecular weight is 385 g/mol. The Balaban J connectivity index is 1.64. The van der Waals surface area contributed by atoms with Crippen molar-refractivity contribution in [3.63, 3.8) is 0 Å². The smallest absolute Gasteiger partial charge is 0.225 e. The number of hydrogen-bond donors (Lipinski definition) is 2. The zero-order chi connectivity index (χ0) is 19.8. The minimum absolute atomic E-state index is 0.651. The van der Waals surface area contributed by atoms with Crippen LogP contribution in [0.25, 0.3) is 11.3 Å². The van der Waals surface area contributed by atoms with Crippen LogP contribution in [0.2, 0.25) is 0 Å². The first-order valence-corrected chi connectivity index (χ1v) is 9.93. The van der Waals surface area contributed by atoms with Crippen molar-refractivity contribution in [2.24, 2.45) is 0 Å². The van der Waals surface area contributed by atoms with Gasteiger partial charge in [-0.15, -0.1) is 0 Å². The molecular formula is C20H32N8. The van der Waals surface area contributed by atoms with Crippen molar-refractivity contribution in [2.75, 3.05) is 84.1 Å². The highest BCUT2D eigenvalue weighted by molar-refractivity contribution is 5.63. The van der Waals surface area contributed by atoms with Gasteiger partial charge in [0, 0.05) is 76.4 Å². The van der Waals surface area contributed by atoms with Crippen molar-refractivity contribution >= 4 is 11.8 Å². The summed E-state index contributed by atoms with van der Waals surface area (Å²) in [6.45, 7) is 8.14. The van der Waals surface area contributed by atoms with Crippen LogP contribution < -0.4 is 10.6 Å². The lowest BCUT2D eigenvalue weighted by atomic mass is 10.2. The van der Waals surface area contributed by atoms with Gasteiger partial charge in [0.1, 0.15) is 5.82 Å². The van der Waals surface area contributed by atoms with E-state index < -0.39 is 0 Å². The van der Waals surface area contributed by atoms with Gasteiger partial charge in [-0.3, -0.25) is 9.88 Å². The number of nitrogens with zero attached hydrogens (tertiary/aromatic N) is 6. The van der Waals surface area contributed by atoms with Gasteiger partial charge in [-0.1, -0.05) is 0 Å². The molecular weight excluding hydrogens is 352 g/mol. The maximum Gasteiger partial charge on any atom is 0.225 e. The van der Waals surface area contributed by atoms with Crippen molar-refractivity contribution in [1.82, 2.24) is 29.7 Å². The van der Waals surface area contributed by atoms with Crippen LogP contribution in [0, 0.1) is 0 Å². The molecule has 0 saturated carbocycles. The summed E-state index contributed by atoms with van der Waals surface area (Å²) in [4.78, 5) is 20.4. The second-order valence-electron chi connectivity index (χ2n) is 7.50. The molecule has 0 atom stereocenters. The zero-order valence-corrected chi connectivity index (χ0v) is 17.2. The molecule has 2 N–H and O–H groups in total. The molecule has 0 unspecified atom stereocenters. The molecule has 1 aliphatic heterocycles. The van der Waals surface area contributed by atoms with Gasteiger partial charge >= 0.3 is 0 Å². The fourth-order valence-corrected chi connectivity index (χ4v) is 3.09. The largest absolute Gasteiger partial charge is 0.369 e. The molecule has 1 saturated heterocycles. The molecule has 3 heterocycles. The third-order valence-electron chi connectivity index (χ3n) is 4.87. The van der Waals surface area contributed by atoms with Gasteiger partial charge in [0.05, 0.1) is 5.69 Å². The Labute approximate surface area is 168 Å². The molecule has 2 aromatic heterocycles. The number of aromatic nitrogens is 3. The van der Waals surface area contributed by atoms with Gasteiger partial charge in [0.15, 0.2) is 0 Å². The summed E-state index contributed by atoms with van der Waals surface area (Å²) in [5.41, 5.74) is 1.93. The van der Waals surface area contributed by atoms with Crippen LogP contribution in [0.3, 0.4) is 0 Å². The summed E-state index contributed by atoms with van der Waals surface area (Å²) in [6.07, 6.45) is 3.58. The SMILES string of the molecule is CN(C)CCNc1nc(NCCN2CCN(C)CC2)cc(-c2ccncc2)n1. The third kappa shape index (κ3) is 6.40. The summed E-state index contributed by atoms with van der Waals surface area (Å²) < 4.78 is 0. The summed E-state index contributed by atoms with van der Waals surface area (Å²) in [6, 6.07) is 5.95. The average Bonchev–Trinajstić information content (AvgIpc) is 2.70. The van der Waals surface area contributed by atoms with E-state index in [1.54, 1.807) is 12.4 Å². The maximum absolute atomic E-state index is 4.68. The molecule has 0 radical (unpaired) electrons. The van der Waals surface area contributed by atoms with Crippen LogP contribution in [-0.2, 0) is 0 Å². The quantitative estimate of drug-likeness (QED) is 0.668. The van der Waals surface area contributed by atoms with Crippen molar-refractivity contribution in [3.05, 3.63) is 30.6 Å². The Hall–Kier alpha value is -2.29. The second-order valence-corrected chi connectivity index (χ2v) is 7.50. The van der Waals surface area contributed by atoms with E-state index in [0.717, 1.165) is 69.4 Å². The number of piperazine rings is 1. The van der Waals surface area contributed by atoms with E-state index in [2.05, 4.69) is 61.4 Å². The van der Waals surface area contributed by atoms with Crippen molar-refractivity contribution in [1.29, 1.82) is 0 Å². The summed E-state index contributed by atoms with van der Waals surface area (Å²) in [5, 5.41) is 6.82. The molecule has 0 bridgehead atoms. The van der Waals surface area contributed by atoms with E-state index in [0.29, 0.717) is 5.95 Å². The minimum Gasteiger partial charge on any atom is -0.369 e. The molecule has 28 heavy (non-hydrogen) atoms. The molecule has 8 nitrogen and oxygen atoms in total. The van der Waals surface area contributed by atoms with E-state index in [4.69, 9.17) is 0 Å². The molecule has 0 amide bonds. The van der Waals surface area contributed by atoms with E-state index in [1.807, 2.05) is 18.2 Å². The second kappa shape index (κ2) is 10.3. The van der Waals surface area contributed by atoms with Crippen LogP contribution in [0.15, 0.2) is 30.6 Å². The van der Waals surface area contributed by atoms with Crippen LogP contribution in [-0.4, -0.2) is 103 Å². The van der Waals surface area contributed by atoms with Gasteiger partial charge in [0.25, 0.3) is 0 Å². The topological polar surface area (TPSA) is 72.5 Å². The van der Waals surface area contributed by atoms with Gasteiger partial charge in [-0.05, 0) is 33.3 Å². The first-order valence-electron chi connectivity index (χ1n) is 9.93. The Morgan fingerprint density at radius 2 is 1.75 bits per heavy atom. The Morgan fingerprint density at radius 1 is 1.00 bits per heavy atom. The lowest BCUT2D eigenvalue weighted by Crippen LogP contribution is -2.45. The van der Waals surface area contributed by atoms with Gasteiger partial charge in [0.2, 0.25) is 5.95 Å². The third-order valence-corrected chi connectivity index (χ3v) is 4.87. The van der Waals surface area contributed by atoms with Gasteiger partial charge in [-0.2, -0.15) is 4.98 Å². The monoisotopic (exact) mass is 384 g/mol. The lowest BCUT2D eigenvalue weighted by Gasteiger charge is -2.32. The first kappa shape index (κ1) is 20.4. The molecule has 2 aromatic rings. The molecule has 0 aromatic carbocycles. The molecule has 8 heteroatoms. The standard InChI is InChI=1S/C20H32N8/c1-26(2)10-8-23-20-24-18(17-4-6-21-7-5-17)16-19(25-20)22-9-11-28-14-12-27(3)13-15-28/h4-7,16H,8-15H2,1-3H3,(H2,22,23,24,25). The minimum atomic E-state index is 0.651. The highest BCUT2D eigenvalue weighted by Crippen LogP contribution is 2.20. The first-order chi connectivity index (χ1) is 13.6.